The summed E-state index contributed by atoms with van der Waals surface area (Å²) in [6.45, 7) is 0. The molecule has 0 spiro atoms. The summed E-state index contributed by atoms with van der Waals surface area (Å²) in [5.74, 6) is 0.0940. The molecule has 1 fully saturated rings. The lowest BCUT2D eigenvalue weighted by molar-refractivity contribution is -0.137. The number of unbranched alkanes of at least 4 members (excludes halogenated alkanes) is 1. The summed E-state index contributed by atoms with van der Waals surface area (Å²) in [6.07, 6.45) is 4.01. The second-order valence-corrected chi connectivity index (χ2v) is 6.72. The summed E-state index contributed by atoms with van der Waals surface area (Å²) < 4.78 is 11.0. The van der Waals surface area contributed by atoms with Crippen LogP contribution in [-0.2, 0) is 14.6 Å². The van der Waals surface area contributed by atoms with Gasteiger partial charge < -0.3 is 5.11 Å². The Morgan fingerprint density at radius 1 is 1.54 bits per heavy atom. The molecule has 0 aromatic heterocycles. The van der Waals surface area contributed by atoms with Crippen LogP contribution in [0.15, 0.2) is 0 Å². The van der Waals surface area contributed by atoms with Gasteiger partial charge in [-0.3, -0.25) is 4.79 Å². The standard InChI is InChI=1S/C8H14O3S2/c9-8(10)4-2-1-3-7-5-6-13(11)12-7/h7H,1-6H2,(H,9,10)/t7-,13?/m0/s1. The minimum Gasteiger partial charge on any atom is -0.481 e. The van der Waals surface area contributed by atoms with Crippen molar-refractivity contribution in [2.24, 2.45) is 0 Å². The van der Waals surface area contributed by atoms with Crippen molar-refractivity contribution >= 4 is 26.6 Å². The van der Waals surface area contributed by atoms with Gasteiger partial charge in [0, 0.05) is 17.4 Å². The Bertz CT molecular complexity index is 206. The van der Waals surface area contributed by atoms with E-state index in [1.807, 2.05) is 0 Å². The number of rotatable bonds is 5. The molecule has 1 aliphatic rings. The van der Waals surface area contributed by atoms with Crippen LogP contribution in [-0.4, -0.2) is 26.3 Å². The van der Waals surface area contributed by atoms with Crippen LogP contribution in [0.2, 0.25) is 0 Å². The van der Waals surface area contributed by atoms with Crippen molar-refractivity contribution < 1.29 is 14.1 Å². The van der Waals surface area contributed by atoms with E-state index in [2.05, 4.69) is 0 Å². The molecule has 5 heteroatoms. The lowest BCUT2D eigenvalue weighted by atomic mass is 10.1. The van der Waals surface area contributed by atoms with Crippen molar-refractivity contribution in [3.8, 4) is 0 Å². The van der Waals surface area contributed by atoms with Gasteiger partial charge in [0.2, 0.25) is 0 Å². The largest absolute Gasteiger partial charge is 0.481 e. The molecule has 0 radical (unpaired) electrons. The van der Waals surface area contributed by atoms with Gasteiger partial charge >= 0.3 is 5.97 Å². The molecule has 1 heterocycles. The summed E-state index contributed by atoms with van der Waals surface area (Å²) in [5, 5.41) is 8.90. The Labute approximate surface area is 84.1 Å². The van der Waals surface area contributed by atoms with E-state index < -0.39 is 15.8 Å². The third kappa shape index (κ3) is 4.67. The molecule has 1 unspecified atom stereocenters. The van der Waals surface area contributed by atoms with E-state index in [9.17, 15) is 9.00 Å². The number of carbonyl (C=O) groups is 1. The number of carboxylic acids is 1. The van der Waals surface area contributed by atoms with Gasteiger partial charge in [-0.2, -0.15) is 0 Å². The fraction of sp³-hybridized carbons (Fsp3) is 0.875. The molecule has 3 nitrogen and oxygen atoms in total. The average Bonchev–Trinajstić information content (AvgIpc) is 2.45. The second-order valence-electron chi connectivity index (χ2n) is 3.15. The molecule has 2 atom stereocenters. The van der Waals surface area contributed by atoms with Gasteiger partial charge in [-0.05, 0) is 19.3 Å². The first kappa shape index (κ1) is 11.0. The van der Waals surface area contributed by atoms with Crippen molar-refractivity contribution in [2.45, 2.75) is 37.4 Å². The second kappa shape index (κ2) is 5.65. The molecular weight excluding hydrogens is 208 g/mol. The Balaban J connectivity index is 2.00. The minimum atomic E-state index is -0.720. The molecule has 0 aliphatic carbocycles. The number of aliphatic carboxylic acids is 1. The van der Waals surface area contributed by atoms with E-state index >= 15 is 0 Å². The molecule has 1 saturated heterocycles. The molecule has 1 rings (SSSR count). The van der Waals surface area contributed by atoms with E-state index in [1.165, 1.54) is 0 Å². The lowest BCUT2D eigenvalue weighted by Gasteiger charge is -2.04. The maximum Gasteiger partial charge on any atom is 0.303 e. The molecule has 0 bridgehead atoms. The van der Waals surface area contributed by atoms with E-state index in [4.69, 9.17) is 5.11 Å². The van der Waals surface area contributed by atoms with Crippen LogP contribution in [0, 0.1) is 0 Å². The summed E-state index contributed by atoms with van der Waals surface area (Å²) >= 11 is 0. The van der Waals surface area contributed by atoms with Crippen LogP contribution in [0.25, 0.3) is 0 Å². The van der Waals surface area contributed by atoms with Crippen molar-refractivity contribution in [3.05, 3.63) is 0 Å². The highest BCUT2D eigenvalue weighted by Gasteiger charge is 2.21. The zero-order valence-electron chi connectivity index (χ0n) is 7.40. The predicted molar refractivity (Wildman–Crippen MR) is 55.1 cm³/mol. The third-order valence-corrected chi connectivity index (χ3v) is 5.50. The Morgan fingerprint density at radius 3 is 2.85 bits per heavy atom. The molecule has 1 N–H and O–H groups in total. The van der Waals surface area contributed by atoms with Gasteiger partial charge in [0.1, 0.15) is 0 Å². The smallest absolute Gasteiger partial charge is 0.303 e. The fourth-order valence-electron chi connectivity index (χ4n) is 1.32. The van der Waals surface area contributed by atoms with E-state index in [-0.39, 0.29) is 6.42 Å². The van der Waals surface area contributed by atoms with Gasteiger partial charge in [-0.1, -0.05) is 17.2 Å². The van der Waals surface area contributed by atoms with Crippen LogP contribution < -0.4 is 0 Å². The lowest BCUT2D eigenvalue weighted by Crippen LogP contribution is -1.99. The van der Waals surface area contributed by atoms with Gasteiger partial charge in [-0.15, -0.1) is 0 Å². The quantitative estimate of drug-likeness (QED) is 0.569. The summed E-state index contributed by atoms with van der Waals surface area (Å²) in [7, 11) is 0.882. The van der Waals surface area contributed by atoms with Gasteiger partial charge in [0.25, 0.3) is 0 Å². The first-order valence-corrected chi connectivity index (χ1v) is 7.17. The van der Waals surface area contributed by atoms with Crippen LogP contribution in [0.4, 0.5) is 0 Å². The molecule has 76 valence electrons. The van der Waals surface area contributed by atoms with Crippen LogP contribution in [0.5, 0.6) is 0 Å². The van der Waals surface area contributed by atoms with Crippen LogP contribution in [0.3, 0.4) is 0 Å². The number of carboxylic acid groups (broad SMARTS) is 1. The van der Waals surface area contributed by atoms with E-state index in [1.54, 1.807) is 10.8 Å². The molecule has 1 aliphatic heterocycles. The normalized spacial score (nSPS) is 27.7. The van der Waals surface area contributed by atoms with Crippen LogP contribution in [0.1, 0.15) is 32.1 Å². The summed E-state index contributed by atoms with van der Waals surface area (Å²) in [4.78, 5) is 10.2. The van der Waals surface area contributed by atoms with Crippen molar-refractivity contribution in [1.29, 1.82) is 0 Å². The first-order valence-electron chi connectivity index (χ1n) is 4.46. The SMILES string of the molecule is O=C(O)CCCC[C@H]1CCS(=O)S1. The summed E-state index contributed by atoms with van der Waals surface area (Å²) in [5.41, 5.74) is 0. The maximum atomic E-state index is 11.0. The van der Waals surface area contributed by atoms with E-state index in [0.29, 0.717) is 5.25 Å². The van der Waals surface area contributed by atoms with Crippen molar-refractivity contribution in [3.63, 3.8) is 0 Å². The van der Waals surface area contributed by atoms with Gasteiger partial charge in [-0.25, -0.2) is 4.21 Å². The molecule has 0 aromatic rings. The third-order valence-electron chi connectivity index (χ3n) is 2.02. The Kier molecular flexibility index (Phi) is 4.80. The highest BCUT2D eigenvalue weighted by molar-refractivity contribution is 8.69. The maximum absolute atomic E-state index is 11.0. The zero-order chi connectivity index (χ0) is 9.68. The Morgan fingerprint density at radius 2 is 2.31 bits per heavy atom. The molecule has 0 amide bonds. The number of hydrogen-bond acceptors (Lipinski definition) is 3. The average molecular weight is 222 g/mol. The van der Waals surface area contributed by atoms with E-state index in [0.717, 1.165) is 31.4 Å². The molecular formula is C8H14O3S2. The molecule has 0 aromatic carbocycles. The molecule has 0 saturated carbocycles. The van der Waals surface area contributed by atoms with Crippen LogP contribution >= 0.6 is 10.8 Å². The molecule has 13 heavy (non-hydrogen) atoms. The monoisotopic (exact) mass is 222 g/mol. The predicted octanol–water partition coefficient (Wildman–Crippen LogP) is 1.80. The summed E-state index contributed by atoms with van der Waals surface area (Å²) in [6, 6.07) is 0. The number of hydrogen-bond donors (Lipinski definition) is 1. The first-order chi connectivity index (χ1) is 6.18. The highest BCUT2D eigenvalue weighted by Crippen LogP contribution is 2.31. The Hall–Kier alpha value is -0.0300. The minimum absolute atomic E-state index is 0.264. The topological polar surface area (TPSA) is 54.4 Å². The fourth-order valence-corrected chi connectivity index (χ4v) is 4.88. The zero-order valence-corrected chi connectivity index (χ0v) is 9.03. The van der Waals surface area contributed by atoms with Gasteiger partial charge in [0.05, 0.1) is 9.83 Å². The van der Waals surface area contributed by atoms with Crippen molar-refractivity contribution in [1.82, 2.24) is 0 Å². The van der Waals surface area contributed by atoms with Crippen molar-refractivity contribution in [2.75, 3.05) is 5.75 Å². The van der Waals surface area contributed by atoms with Gasteiger partial charge in [0.15, 0.2) is 0 Å². The highest BCUT2D eigenvalue weighted by atomic mass is 33.1.